The highest BCUT2D eigenvalue weighted by Gasteiger charge is 2.18. The number of nitriles is 1. The van der Waals surface area contributed by atoms with E-state index in [4.69, 9.17) is 16.9 Å². The summed E-state index contributed by atoms with van der Waals surface area (Å²) in [5, 5.41) is 37.7. The summed E-state index contributed by atoms with van der Waals surface area (Å²) in [6.45, 7) is 3.19. The largest absolute Gasteiger partial charge is 0.493 e. The number of nitrogens with zero attached hydrogens (tertiary/aromatic N) is 5. The molecule has 0 fully saturated rings. The van der Waals surface area contributed by atoms with Crippen molar-refractivity contribution in [2.75, 3.05) is 0 Å². The van der Waals surface area contributed by atoms with Gasteiger partial charge in [0.15, 0.2) is 5.69 Å². The molecule has 0 saturated carbocycles. The quantitative estimate of drug-likeness (QED) is 0.503. The zero-order chi connectivity index (χ0) is 18.7. The number of azo groups is 1. The minimum Gasteiger partial charge on any atom is -0.493 e. The number of rotatable bonds is 4. The maximum absolute atomic E-state index is 12.4. The van der Waals surface area contributed by atoms with Gasteiger partial charge in [0, 0.05) is 24.2 Å². The Hall–Kier alpha value is -3.25. The second-order valence-electron chi connectivity index (χ2n) is 4.93. The number of benzene rings is 1. The van der Waals surface area contributed by atoms with Crippen LogP contribution in [0.25, 0.3) is 0 Å². The number of nitro benzene ring substituents is 1. The molecule has 0 aliphatic carbocycles. The van der Waals surface area contributed by atoms with Gasteiger partial charge in [0.1, 0.15) is 17.3 Å². The van der Waals surface area contributed by atoms with Gasteiger partial charge in [-0.25, -0.2) is 0 Å². The molecule has 1 N–H and O–H groups in total. The molecule has 0 amide bonds. The first kappa shape index (κ1) is 18.1. The van der Waals surface area contributed by atoms with Crippen molar-refractivity contribution in [1.82, 2.24) is 4.57 Å². The van der Waals surface area contributed by atoms with E-state index in [0.29, 0.717) is 0 Å². The molecule has 9 nitrogen and oxygen atoms in total. The highest BCUT2D eigenvalue weighted by molar-refractivity contribution is 6.33. The van der Waals surface area contributed by atoms with E-state index in [1.807, 2.05) is 6.07 Å². The van der Waals surface area contributed by atoms with Crippen LogP contribution in [0.4, 0.5) is 17.1 Å². The first-order valence-corrected chi connectivity index (χ1v) is 7.41. The Bertz CT molecular complexity index is 991. The van der Waals surface area contributed by atoms with Gasteiger partial charge >= 0.3 is 0 Å². The van der Waals surface area contributed by atoms with Crippen molar-refractivity contribution in [2.45, 2.75) is 20.4 Å². The highest BCUT2D eigenvalue weighted by atomic mass is 35.5. The maximum Gasteiger partial charge on any atom is 0.281 e. The van der Waals surface area contributed by atoms with Crippen molar-refractivity contribution in [3.05, 3.63) is 54.8 Å². The molecule has 2 aromatic rings. The number of hydrogen-bond acceptors (Lipinski definition) is 7. The zero-order valence-electron chi connectivity index (χ0n) is 13.2. The lowest BCUT2D eigenvalue weighted by molar-refractivity contribution is -0.384. The van der Waals surface area contributed by atoms with Crippen molar-refractivity contribution in [2.24, 2.45) is 10.2 Å². The predicted octanol–water partition coefficient (Wildman–Crippen LogP) is 3.73. The van der Waals surface area contributed by atoms with E-state index in [1.165, 1.54) is 19.1 Å². The number of pyridine rings is 1. The van der Waals surface area contributed by atoms with Gasteiger partial charge in [0.05, 0.1) is 9.95 Å². The van der Waals surface area contributed by atoms with Gasteiger partial charge in [-0.1, -0.05) is 11.6 Å². The van der Waals surface area contributed by atoms with Gasteiger partial charge in [-0.2, -0.15) is 5.26 Å². The second kappa shape index (κ2) is 7.11. The summed E-state index contributed by atoms with van der Waals surface area (Å²) in [7, 11) is 0. The number of non-ortho nitro benzene ring substituents is 1. The number of halogens is 1. The van der Waals surface area contributed by atoms with Gasteiger partial charge in [0.25, 0.3) is 11.2 Å². The topological polar surface area (TPSA) is 134 Å². The SMILES string of the molecule is CCn1c(O)c(C#N)c(C)c(N=Nc2cc([N+](=O)[O-])ccc2Cl)c1=O. The molecule has 0 radical (unpaired) electrons. The molecule has 25 heavy (non-hydrogen) atoms. The first-order valence-electron chi connectivity index (χ1n) is 7.03. The van der Waals surface area contributed by atoms with Crippen LogP contribution in [0.15, 0.2) is 33.2 Å². The van der Waals surface area contributed by atoms with Crippen LogP contribution < -0.4 is 5.56 Å². The molecule has 0 bridgehead atoms. The van der Waals surface area contributed by atoms with Crippen molar-refractivity contribution in [3.63, 3.8) is 0 Å². The fourth-order valence-corrected chi connectivity index (χ4v) is 2.30. The molecule has 0 aliphatic heterocycles. The Kier molecular flexibility index (Phi) is 5.14. The lowest BCUT2D eigenvalue weighted by atomic mass is 10.1. The van der Waals surface area contributed by atoms with Crippen LogP contribution in [0.1, 0.15) is 18.1 Å². The fraction of sp³-hybridized carbons (Fsp3) is 0.200. The Morgan fingerprint density at radius 3 is 2.68 bits per heavy atom. The van der Waals surface area contributed by atoms with E-state index in [9.17, 15) is 20.0 Å². The monoisotopic (exact) mass is 361 g/mol. The van der Waals surface area contributed by atoms with E-state index in [1.54, 1.807) is 6.92 Å². The van der Waals surface area contributed by atoms with E-state index in [0.717, 1.165) is 10.6 Å². The van der Waals surface area contributed by atoms with Crippen molar-refractivity contribution >= 4 is 28.7 Å². The molecule has 10 heteroatoms. The smallest absolute Gasteiger partial charge is 0.281 e. The molecule has 0 saturated heterocycles. The molecular weight excluding hydrogens is 350 g/mol. The third-order valence-corrected chi connectivity index (χ3v) is 3.80. The van der Waals surface area contributed by atoms with Crippen LogP contribution in [-0.2, 0) is 6.54 Å². The Morgan fingerprint density at radius 2 is 2.12 bits per heavy atom. The van der Waals surface area contributed by atoms with Gasteiger partial charge < -0.3 is 5.11 Å². The summed E-state index contributed by atoms with van der Waals surface area (Å²) in [4.78, 5) is 22.6. The molecule has 2 rings (SSSR count). The third-order valence-electron chi connectivity index (χ3n) is 3.48. The van der Waals surface area contributed by atoms with Crippen LogP contribution in [0, 0.1) is 28.4 Å². The number of hydrogen-bond donors (Lipinski definition) is 1. The molecule has 0 atom stereocenters. The first-order chi connectivity index (χ1) is 11.8. The van der Waals surface area contributed by atoms with Crippen LogP contribution in [-0.4, -0.2) is 14.6 Å². The van der Waals surface area contributed by atoms with Gasteiger partial charge in [-0.3, -0.25) is 19.5 Å². The lowest BCUT2D eigenvalue weighted by Gasteiger charge is -2.10. The summed E-state index contributed by atoms with van der Waals surface area (Å²) in [6.07, 6.45) is 0. The average Bonchev–Trinajstić information content (AvgIpc) is 2.56. The molecule has 128 valence electrons. The van der Waals surface area contributed by atoms with Crippen molar-refractivity contribution < 1.29 is 10.0 Å². The molecule has 0 aliphatic rings. The van der Waals surface area contributed by atoms with Crippen molar-refractivity contribution in [3.8, 4) is 11.9 Å². The summed E-state index contributed by atoms with van der Waals surface area (Å²) in [5.41, 5.74) is -0.963. The normalized spacial score (nSPS) is 10.8. The van der Waals surface area contributed by atoms with Crippen LogP contribution in [0.2, 0.25) is 5.02 Å². The van der Waals surface area contributed by atoms with Gasteiger partial charge in [-0.15, -0.1) is 10.2 Å². The minimum atomic E-state index is -0.637. The lowest BCUT2D eigenvalue weighted by Crippen LogP contribution is -2.20. The molecule has 1 heterocycles. The molecule has 0 unspecified atom stereocenters. The van der Waals surface area contributed by atoms with Gasteiger partial charge in [0.2, 0.25) is 5.88 Å². The fourth-order valence-electron chi connectivity index (χ4n) is 2.15. The van der Waals surface area contributed by atoms with Gasteiger partial charge in [-0.05, 0) is 19.9 Å². The summed E-state index contributed by atoms with van der Waals surface area (Å²) >= 11 is 5.94. The van der Waals surface area contributed by atoms with E-state index >= 15 is 0 Å². The molecule has 1 aromatic heterocycles. The van der Waals surface area contributed by atoms with E-state index in [2.05, 4.69) is 10.2 Å². The Labute approximate surface area is 146 Å². The minimum absolute atomic E-state index is 0.00398. The maximum atomic E-state index is 12.4. The zero-order valence-corrected chi connectivity index (χ0v) is 14.0. The van der Waals surface area contributed by atoms with Crippen LogP contribution in [0.3, 0.4) is 0 Å². The standard InChI is InChI=1S/C15H12ClN5O4/c1-3-20-14(22)10(7-17)8(2)13(15(20)23)19-18-12-6-9(21(24)25)4-5-11(12)16/h4-6,22H,3H2,1-2H3. The average molecular weight is 362 g/mol. The Balaban J connectivity index is 2.64. The summed E-state index contributed by atoms with van der Waals surface area (Å²) in [6, 6.07) is 5.44. The summed E-state index contributed by atoms with van der Waals surface area (Å²) in [5.74, 6) is -0.445. The van der Waals surface area contributed by atoms with Crippen LogP contribution >= 0.6 is 11.6 Å². The second-order valence-corrected chi connectivity index (χ2v) is 5.33. The summed E-state index contributed by atoms with van der Waals surface area (Å²) < 4.78 is 0.981. The molecule has 0 spiro atoms. The predicted molar refractivity (Wildman–Crippen MR) is 89.8 cm³/mol. The number of aromatic hydroxyl groups is 1. The highest BCUT2D eigenvalue weighted by Crippen LogP contribution is 2.32. The number of nitro groups is 1. The number of aromatic nitrogens is 1. The molecular formula is C15H12ClN5O4. The van der Waals surface area contributed by atoms with E-state index < -0.39 is 16.4 Å². The van der Waals surface area contributed by atoms with Crippen LogP contribution in [0.5, 0.6) is 5.88 Å². The van der Waals surface area contributed by atoms with Crippen molar-refractivity contribution in [1.29, 1.82) is 5.26 Å². The third kappa shape index (κ3) is 3.34. The molecule has 1 aromatic carbocycles. The van der Waals surface area contributed by atoms with E-state index in [-0.39, 0.29) is 39.8 Å². The Morgan fingerprint density at radius 1 is 1.44 bits per heavy atom.